The van der Waals surface area contributed by atoms with Crippen molar-refractivity contribution in [2.75, 3.05) is 13.2 Å². The first-order chi connectivity index (χ1) is 36.6. The largest absolute Gasteiger partial charge is 0.462 e. The molecule has 0 heterocycles. The van der Waals surface area contributed by atoms with Gasteiger partial charge in [0.2, 0.25) is 0 Å². The van der Waals surface area contributed by atoms with E-state index in [0.717, 1.165) is 116 Å². The third-order valence-corrected chi connectivity index (χ3v) is 12.6. The third-order valence-electron chi connectivity index (χ3n) is 12.6. The Morgan fingerprint density at radius 2 is 0.581 bits per heavy atom. The van der Waals surface area contributed by atoms with E-state index >= 15 is 0 Å². The highest BCUT2D eigenvalue weighted by molar-refractivity contribution is 5.70. The van der Waals surface area contributed by atoms with Crippen molar-refractivity contribution in [3.8, 4) is 0 Å². The maximum atomic E-state index is 12.3. The molecule has 0 bridgehead atoms. The lowest BCUT2D eigenvalue weighted by Gasteiger charge is -2.15. The molecule has 0 spiro atoms. The maximum Gasteiger partial charge on any atom is 0.306 e. The van der Waals surface area contributed by atoms with Crippen molar-refractivity contribution < 1.29 is 24.2 Å². The fraction of sp³-hybridized carbons (Fsp3) is 0.623. The number of aliphatic hydroxyl groups excluding tert-OH is 1. The number of hydrogen-bond acceptors (Lipinski definition) is 5. The van der Waals surface area contributed by atoms with E-state index in [0.29, 0.717) is 12.8 Å². The zero-order chi connectivity index (χ0) is 53.4. The van der Waals surface area contributed by atoms with Crippen LogP contribution in [-0.2, 0) is 19.1 Å². The molecule has 0 aromatic rings. The third kappa shape index (κ3) is 60.3. The van der Waals surface area contributed by atoms with Crippen molar-refractivity contribution in [1.29, 1.82) is 0 Å². The minimum atomic E-state index is -0.802. The van der Waals surface area contributed by atoms with Crippen LogP contribution in [0.5, 0.6) is 0 Å². The zero-order valence-corrected chi connectivity index (χ0v) is 47.8. The highest BCUT2D eigenvalue weighted by Gasteiger charge is 2.16. The first-order valence-corrected chi connectivity index (χ1v) is 30.4. The molecule has 1 N–H and O–H groups in total. The van der Waals surface area contributed by atoms with Crippen molar-refractivity contribution >= 4 is 11.9 Å². The Kier molecular flexibility index (Phi) is 59.5. The minimum absolute atomic E-state index is 0.0885. The van der Waals surface area contributed by atoms with E-state index in [4.69, 9.17) is 9.47 Å². The monoisotopic (exact) mass is 1020 g/mol. The lowest BCUT2D eigenvalue weighted by atomic mass is 10.0. The molecule has 0 aromatic heterocycles. The Morgan fingerprint density at radius 1 is 0.324 bits per heavy atom. The summed E-state index contributed by atoms with van der Waals surface area (Å²) in [4.78, 5) is 24.6. The van der Waals surface area contributed by atoms with E-state index in [1.165, 1.54) is 116 Å². The second kappa shape index (κ2) is 63.1. The van der Waals surface area contributed by atoms with Crippen LogP contribution in [0.2, 0.25) is 0 Å². The van der Waals surface area contributed by atoms with Crippen molar-refractivity contribution in [3.05, 3.63) is 146 Å². The van der Waals surface area contributed by atoms with Crippen molar-refractivity contribution in [2.24, 2.45) is 0 Å². The van der Waals surface area contributed by atoms with Gasteiger partial charge in [-0.05, 0) is 122 Å². The number of carbonyl (C=O) groups excluding carboxylic acids is 2. The fourth-order valence-corrected chi connectivity index (χ4v) is 8.08. The molecule has 74 heavy (non-hydrogen) atoms. The Balaban J connectivity index is 3.61. The molecule has 5 nitrogen and oxygen atoms in total. The van der Waals surface area contributed by atoms with E-state index in [-0.39, 0.29) is 25.2 Å². The Morgan fingerprint density at radius 3 is 0.892 bits per heavy atom. The molecule has 0 aliphatic heterocycles. The fourth-order valence-electron chi connectivity index (χ4n) is 8.08. The maximum absolute atomic E-state index is 12.3. The number of allylic oxidation sites excluding steroid dienone is 24. The highest BCUT2D eigenvalue weighted by atomic mass is 16.6. The van der Waals surface area contributed by atoms with E-state index in [2.05, 4.69) is 160 Å². The van der Waals surface area contributed by atoms with Gasteiger partial charge in [-0.3, -0.25) is 9.59 Å². The van der Waals surface area contributed by atoms with Crippen LogP contribution in [0, 0.1) is 0 Å². The van der Waals surface area contributed by atoms with Crippen LogP contribution in [0.3, 0.4) is 0 Å². The molecule has 1 atom stereocenters. The molecule has 0 amide bonds. The van der Waals surface area contributed by atoms with Gasteiger partial charge in [-0.2, -0.15) is 0 Å². The number of unbranched alkanes of at least 4 members (excludes halogenated alkanes) is 22. The van der Waals surface area contributed by atoms with Gasteiger partial charge in [0.1, 0.15) is 6.61 Å². The van der Waals surface area contributed by atoms with Crippen molar-refractivity contribution in [1.82, 2.24) is 0 Å². The summed E-state index contributed by atoms with van der Waals surface area (Å²) in [5.74, 6) is -0.636. The molecule has 0 radical (unpaired) electrons. The molecule has 0 rings (SSSR count). The predicted molar refractivity (Wildman–Crippen MR) is 324 cm³/mol. The molecule has 418 valence electrons. The van der Waals surface area contributed by atoms with E-state index in [1.807, 2.05) is 0 Å². The topological polar surface area (TPSA) is 72.8 Å². The van der Waals surface area contributed by atoms with Gasteiger partial charge in [0.15, 0.2) is 6.10 Å². The number of ether oxygens (including phenoxy) is 2. The minimum Gasteiger partial charge on any atom is -0.462 e. The summed E-state index contributed by atoms with van der Waals surface area (Å²) >= 11 is 0. The Labute approximate surface area is 457 Å². The normalized spacial score (nSPS) is 13.3. The second-order valence-corrected chi connectivity index (χ2v) is 19.7. The molecule has 0 saturated heterocycles. The molecule has 0 fully saturated rings. The van der Waals surface area contributed by atoms with Crippen LogP contribution < -0.4 is 0 Å². The summed E-state index contributed by atoms with van der Waals surface area (Å²) in [7, 11) is 0. The van der Waals surface area contributed by atoms with Crippen molar-refractivity contribution in [2.45, 2.75) is 264 Å². The van der Waals surface area contributed by atoms with Crippen LogP contribution in [0.15, 0.2) is 146 Å². The standard InChI is InChI=1S/C69H112O5/c1-3-5-7-9-11-13-15-17-19-21-23-25-27-29-31-33-34-36-38-40-42-44-46-48-50-52-54-56-58-60-62-64-69(72)74-67(65-70)66-73-68(71)63-61-59-57-55-53-51-49-47-45-43-41-39-37-35-32-30-28-26-24-22-20-18-16-14-12-10-8-6-4-2/h5,7,11,13,16-19,22-25,28-31,34,36,40,42,46,48,52,54,67,70H,3-4,6,8-10,12,14-15,20-21,26-27,32-33,35,37-39,41,43-45,47,49-51,53,55-66H2,1-2H3/b7-5-,13-11-,18-16-,19-17-,24-22-,25-23-,30-28-,31-29-,36-34-,42-40-,48-46-,54-52-. The van der Waals surface area contributed by atoms with E-state index in [1.54, 1.807) is 0 Å². The second-order valence-electron chi connectivity index (χ2n) is 19.7. The zero-order valence-electron chi connectivity index (χ0n) is 47.8. The lowest BCUT2D eigenvalue weighted by molar-refractivity contribution is -0.161. The van der Waals surface area contributed by atoms with E-state index < -0.39 is 6.10 Å². The number of aliphatic hydroxyl groups is 1. The Hall–Kier alpha value is -4.22. The number of rotatable bonds is 54. The smallest absolute Gasteiger partial charge is 0.306 e. The highest BCUT2D eigenvalue weighted by Crippen LogP contribution is 2.15. The lowest BCUT2D eigenvalue weighted by Crippen LogP contribution is -2.28. The predicted octanol–water partition coefficient (Wildman–Crippen LogP) is 21.0. The van der Waals surface area contributed by atoms with Gasteiger partial charge in [-0.15, -0.1) is 0 Å². The Bertz CT molecular complexity index is 1580. The van der Waals surface area contributed by atoms with Crippen LogP contribution >= 0.6 is 0 Å². The molecule has 0 aliphatic carbocycles. The first-order valence-electron chi connectivity index (χ1n) is 30.4. The average Bonchev–Trinajstić information content (AvgIpc) is 3.40. The van der Waals surface area contributed by atoms with Crippen molar-refractivity contribution in [3.63, 3.8) is 0 Å². The average molecular weight is 1020 g/mol. The molecular weight excluding hydrogens is 909 g/mol. The number of hydrogen-bond donors (Lipinski definition) is 1. The summed E-state index contributed by atoms with van der Waals surface area (Å²) in [5.41, 5.74) is 0. The van der Waals surface area contributed by atoms with E-state index in [9.17, 15) is 14.7 Å². The van der Waals surface area contributed by atoms with Gasteiger partial charge < -0.3 is 14.6 Å². The molecular formula is C69H112O5. The molecule has 5 heteroatoms. The quantitative estimate of drug-likeness (QED) is 0.0373. The van der Waals surface area contributed by atoms with Gasteiger partial charge in [0.05, 0.1) is 6.61 Å². The van der Waals surface area contributed by atoms with Crippen LogP contribution in [0.1, 0.15) is 258 Å². The molecule has 0 aromatic carbocycles. The van der Waals surface area contributed by atoms with Crippen LogP contribution in [-0.4, -0.2) is 36.4 Å². The molecule has 0 aliphatic rings. The van der Waals surface area contributed by atoms with Crippen LogP contribution in [0.25, 0.3) is 0 Å². The summed E-state index contributed by atoms with van der Waals surface area (Å²) in [6.07, 6.45) is 95.4. The SMILES string of the molecule is CC/C=C\C/C=C\C/C=C\C/C=C\C/C=C\C/C=C\C/C=C\C/C=C\C/C=C\CCCCCC(=O)OC(CO)COC(=O)CCCCCCCCCCCCCCCC/C=C\C/C=C\C/C=C\CCCCCCC. The van der Waals surface area contributed by atoms with Gasteiger partial charge >= 0.3 is 11.9 Å². The first kappa shape index (κ1) is 69.8. The summed E-state index contributed by atoms with van der Waals surface area (Å²) in [6, 6.07) is 0. The van der Waals surface area contributed by atoms with Gasteiger partial charge in [-0.1, -0.05) is 269 Å². The number of carbonyl (C=O) groups is 2. The summed E-state index contributed by atoms with van der Waals surface area (Å²) in [6.45, 7) is 3.99. The van der Waals surface area contributed by atoms with Crippen LogP contribution in [0.4, 0.5) is 0 Å². The van der Waals surface area contributed by atoms with Gasteiger partial charge in [0, 0.05) is 12.8 Å². The number of esters is 2. The molecule has 0 saturated carbocycles. The summed E-state index contributed by atoms with van der Waals surface area (Å²) < 4.78 is 10.7. The summed E-state index contributed by atoms with van der Waals surface area (Å²) in [5, 5.41) is 9.67. The van der Waals surface area contributed by atoms with Gasteiger partial charge in [-0.25, -0.2) is 0 Å². The van der Waals surface area contributed by atoms with Gasteiger partial charge in [0.25, 0.3) is 0 Å². The molecule has 1 unspecified atom stereocenters.